The summed E-state index contributed by atoms with van der Waals surface area (Å²) in [6.07, 6.45) is -0.426. The van der Waals surface area contributed by atoms with Crippen molar-refractivity contribution in [2.75, 3.05) is 10.4 Å². The van der Waals surface area contributed by atoms with Crippen LogP contribution in [0.1, 0.15) is 18.1 Å². The zero-order valence-electron chi connectivity index (χ0n) is 17.5. The monoisotopic (exact) mass is 433 g/mol. The zero-order chi connectivity index (χ0) is 23.0. The molecule has 32 heavy (non-hydrogen) atoms. The van der Waals surface area contributed by atoms with Crippen LogP contribution in [0.15, 0.2) is 57.6 Å². The molecule has 3 N–H and O–H groups in total. The molecule has 0 saturated heterocycles. The number of carbonyl (C=O) groups excluding carboxylic acids is 1. The van der Waals surface area contributed by atoms with E-state index >= 15 is 0 Å². The summed E-state index contributed by atoms with van der Waals surface area (Å²) >= 11 is 0. The van der Waals surface area contributed by atoms with Gasteiger partial charge in [0.1, 0.15) is 0 Å². The zero-order valence-corrected chi connectivity index (χ0v) is 17.5. The number of para-hydroxylation sites is 1. The molecule has 10 heteroatoms. The van der Waals surface area contributed by atoms with Gasteiger partial charge in [0.15, 0.2) is 11.5 Å². The van der Waals surface area contributed by atoms with E-state index in [0.29, 0.717) is 22.6 Å². The van der Waals surface area contributed by atoms with Gasteiger partial charge in [0, 0.05) is 6.20 Å². The van der Waals surface area contributed by atoms with Crippen LogP contribution in [-0.2, 0) is 4.79 Å². The van der Waals surface area contributed by atoms with Gasteiger partial charge in [-0.15, -0.1) is 0 Å². The Kier molecular flexibility index (Phi) is 5.19. The summed E-state index contributed by atoms with van der Waals surface area (Å²) in [6, 6.07) is 10.4. The lowest BCUT2D eigenvalue weighted by atomic mass is 10.1. The first kappa shape index (κ1) is 20.8. The Bertz CT molecular complexity index is 1390. The summed E-state index contributed by atoms with van der Waals surface area (Å²) in [5, 5.41) is 18.8. The molecule has 0 atom stereocenters. The SMILES string of the molecule is CC1=NN(c2ccc(C)c(C)c2)C(=O)C1=NNc1cccc2c(=O)c(OC(=O)O)c[nH]c12. The van der Waals surface area contributed by atoms with Gasteiger partial charge in [-0.25, -0.2) is 4.79 Å². The lowest BCUT2D eigenvalue weighted by Crippen LogP contribution is -2.28. The van der Waals surface area contributed by atoms with Gasteiger partial charge in [0.25, 0.3) is 0 Å². The third-order valence-electron chi connectivity index (χ3n) is 5.09. The first-order valence-electron chi connectivity index (χ1n) is 9.62. The Morgan fingerprint density at radius 2 is 1.94 bits per heavy atom. The highest BCUT2D eigenvalue weighted by molar-refractivity contribution is 6.71. The molecule has 2 aromatic carbocycles. The minimum atomic E-state index is -1.58. The van der Waals surface area contributed by atoms with E-state index in [-0.39, 0.29) is 22.8 Å². The molecule has 162 valence electrons. The van der Waals surface area contributed by atoms with Crippen molar-refractivity contribution in [3.63, 3.8) is 0 Å². The van der Waals surface area contributed by atoms with E-state index in [0.717, 1.165) is 17.3 Å². The number of anilines is 2. The predicted octanol–water partition coefficient (Wildman–Crippen LogP) is 3.39. The highest BCUT2D eigenvalue weighted by Gasteiger charge is 2.31. The number of hydrogen-bond acceptors (Lipinski definition) is 7. The molecule has 10 nitrogen and oxygen atoms in total. The summed E-state index contributed by atoms with van der Waals surface area (Å²) in [4.78, 5) is 39.0. The second-order valence-corrected chi connectivity index (χ2v) is 7.22. The number of nitrogens with one attached hydrogen (secondary N) is 2. The number of hydrogen-bond donors (Lipinski definition) is 3. The van der Waals surface area contributed by atoms with Crippen LogP contribution in [0.4, 0.5) is 16.2 Å². The first-order valence-corrected chi connectivity index (χ1v) is 9.62. The fourth-order valence-electron chi connectivity index (χ4n) is 3.27. The number of carboxylic acid groups (broad SMARTS) is 1. The molecule has 2 heterocycles. The Balaban J connectivity index is 1.64. The maximum atomic E-state index is 12.9. The van der Waals surface area contributed by atoms with Crippen LogP contribution in [-0.4, -0.2) is 33.6 Å². The maximum Gasteiger partial charge on any atom is 0.511 e. The molecule has 0 fully saturated rings. The third-order valence-corrected chi connectivity index (χ3v) is 5.09. The van der Waals surface area contributed by atoms with Crippen molar-refractivity contribution < 1.29 is 19.4 Å². The van der Waals surface area contributed by atoms with Crippen molar-refractivity contribution in [1.29, 1.82) is 0 Å². The molecule has 0 bridgehead atoms. The van der Waals surface area contributed by atoms with E-state index < -0.39 is 11.6 Å². The molecule has 0 aliphatic carbocycles. The van der Waals surface area contributed by atoms with Crippen molar-refractivity contribution >= 4 is 45.8 Å². The first-order chi connectivity index (χ1) is 15.3. The van der Waals surface area contributed by atoms with Gasteiger partial charge < -0.3 is 14.8 Å². The van der Waals surface area contributed by atoms with Gasteiger partial charge in [0.05, 0.1) is 28.0 Å². The van der Waals surface area contributed by atoms with Crippen LogP contribution in [0.25, 0.3) is 10.9 Å². The van der Waals surface area contributed by atoms with Crippen LogP contribution in [0.3, 0.4) is 0 Å². The van der Waals surface area contributed by atoms with E-state index in [1.165, 1.54) is 11.1 Å². The molecule has 1 amide bonds. The molecular weight excluding hydrogens is 414 g/mol. The molecule has 0 saturated carbocycles. The average Bonchev–Trinajstić information content (AvgIpc) is 3.04. The molecule has 4 rings (SSSR count). The van der Waals surface area contributed by atoms with Gasteiger partial charge in [-0.05, 0) is 56.2 Å². The normalized spacial score (nSPS) is 14.7. The van der Waals surface area contributed by atoms with Crippen LogP contribution in [0.2, 0.25) is 0 Å². The number of carbonyl (C=O) groups is 2. The molecule has 0 spiro atoms. The third kappa shape index (κ3) is 3.69. The number of pyridine rings is 1. The van der Waals surface area contributed by atoms with Gasteiger partial charge in [-0.1, -0.05) is 12.1 Å². The average molecular weight is 433 g/mol. The molecule has 1 aliphatic rings. The van der Waals surface area contributed by atoms with Gasteiger partial charge in [-0.2, -0.15) is 15.2 Å². The van der Waals surface area contributed by atoms with Crippen LogP contribution in [0.5, 0.6) is 5.75 Å². The fraction of sp³-hybridized carbons (Fsp3) is 0.136. The number of ether oxygens (including phenoxy) is 1. The summed E-state index contributed by atoms with van der Waals surface area (Å²) in [7, 11) is 0. The molecule has 1 aromatic heterocycles. The van der Waals surface area contributed by atoms with Gasteiger partial charge >= 0.3 is 12.1 Å². The number of aromatic nitrogens is 1. The fourth-order valence-corrected chi connectivity index (χ4v) is 3.27. The lowest BCUT2D eigenvalue weighted by molar-refractivity contribution is -0.112. The number of aryl methyl sites for hydroxylation is 2. The highest BCUT2D eigenvalue weighted by atomic mass is 16.7. The number of benzene rings is 2. The number of H-pyrrole nitrogens is 1. The van der Waals surface area contributed by atoms with Crippen molar-refractivity contribution in [3.05, 3.63) is 63.9 Å². The van der Waals surface area contributed by atoms with E-state index in [9.17, 15) is 14.4 Å². The summed E-state index contributed by atoms with van der Waals surface area (Å²) in [5.41, 5.74) is 6.37. The number of hydrazone groups is 2. The van der Waals surface area contributed by atoms with Gasteiger partial charge in [0.2, 0.25) is 5.43 Å². The lowest BCUT2D eigenvalue weighted by Gasteiger charge is -2.13. The molecule has 3 aromatic rings. The van der Waals surface area contributed by atoms with E-state index in [1.54, 1.807) is 19.1 Å². The summed E-state index contributed by atoms with van der Waals surface area (Å²) < 4.78 is 4.49. The summed E-state index contributed by atoms with van der Waals surface area (Å²) in [6.45, 7) is 5.63. The number of nitrogens with zero attached hydrogens (tertiary/aromatic N) is 3. The van der Waals surface area contributed by atoms with Crippen LogP contribution in [0, 0.1) is 13.8 Å². The maximum absolute atomic E-state index is 12.9. The van der Waals surface area contributed by atoms with Crippen molar-refractivity contribution in [1.82, 2.24) is 4.98 Å². The molecular formula is C22H19N5O5. The molecule has 0 radical (unpaired) electrons. The summed E-state index contributed by atoms with van der Waals surface area (Å²) in [5.74, 6) is -0.726. The second-order valence-electron chi connectivity index (χ2n) is 7.22. The van der Waals surface area contributed by atoms with E-state index in [4.69, 9.17) is 5.11 Å². The number of amides is 1. The standard InChI is InChI=1S/C22H19N5O5/c1-11-7-8-14(9-12(11)2)27-21(29)18(13(3)26-27)25-24-16-6-4-5-15-19(16)23-10-17(20(15)28)32-22(30)31/h4-10,24H,1-3H3,(H,23,28)(H,30,31). The van der Waals surface area contributed by atoms with Crippen molar-refractivity contribution in [2.45, 2.75) is 20.8 Å². The Hall–Kier alpha value is -4.47. The Morgan fingerprint density at radius 1 is 1.16 bits per heavy atom. The van der Waals surface area contributed by atoms with Crippen LogP contribution < -0.4 is 20.6 Å². The molecule has 0 unspecified atom stereocenters. The Morgan fingerprint density at radius 3 is 2.66 bits per heavy atom. The van der Waals surface area contributed by atoms with Crippen molar-refractivity contribution in [3.8, 4) is 5.75 Å². The smallest absolute Gasteiger partial charge is 0.449 e. The minimum Gasteiger partial charge on any atom is -0.449 e. The van der Waals surface area contributed by atoms with Crippen molar-refractivity contribution in [2.24, 2.45) is 10.2 Å². The minimum absolute atomic E-state index is 0.133. The van der Waals surface area contributed by atoms with E-state index in [2.05, 4.69) is 25.3 Å². The highest BCUT2D eigenvalue weighted by Crippen LogP contribution is 2.24. The Labute approximate surface area is 181 Å². The quantitative estimate of drug-likeness (QED) is 0.426. The second kappa shape index (κ2) is 7.99. The predicted molar refractivity (Wildman–Crippen MR) is 121 cm³/mol. The van der Waals surface area contributed by atoms with Gasteiger partial charge in [-0.3, -0.25) is 15.0 Å². The largest absolute Gasteiger partial charge is 0.511 e. The number of aromatic amines is 1. The van der Waals surface area contributed by atoms with E-state index in [1.807, 2.05) is 32.0 Å². The number of rotatable bonds is 4. The number of fused-ring (bicyclic) bond motifs is 1. The van der Waals surface area contributed by atoms with Crippen LogP contribution >= 0.6 is 0 Å². The topological polar surface area (TPSA) is 136 Å². The molecule has 1 aliphatic heterocycles.